The summed E-state index contributed by atoms with van der Waals surface area (Å²) in [5, 5.41) is 12.0. The van der Waals surface area contributed by atoms with Crippen molar-refractivity contribution < 1.29 is 14.3 Å². The standard InChI is InChI=1S/C20H18FN3O2/c1-3-17-19(13-5-7-18(22-2)24-11-13)14(8-9-23-17)12-4-6-15(20(25)26)16(21)10-12/h4-11H,3H2,1-2H3,(H,22,24)(H,25,26). The molecule has 0 radical (unpaired) electrons. The predicted molar refractivity (Wildman–Crippen MR) is 98.7 cm³/mol. The van der Waals surface area contributed by atoms with Crippen molar-refractivity contribution in [3.8, 4) is 22.3 Å². The van der Waals surface area contributed by atoms with E-state index in [9.17, 15) is 9.18 Å². The van der Waals surface area contributed by atoms with E-state index in [1.54, 1.807) is 31.6 Å². The van der Waals surface area contributed by atoms with Crippen LogP contribution in [0.4, 0.5) is 10.2 Å². The highest BCUT2D eigenvalue weighted by Gasteiger charge is 2.16. The topological polar surface area (TPSA) is 75.1 Å². The fourth-order valence-electron chi connectivity index (χ4n) is 2.88. The molecule has 2 N–H and O–H groups in total. The molecule has 3 rings (SSSR count). The number of aromatic carboxylic acids is 1. The van der Waals surface area contributed by atoms with Gasteiger partial charge in [-0.05, 0) is 47.9 Å². The second-order valence-electron chi connectivity index (χ2n) is 5.72. The smallest absolute Gasteiger partial charge is 0.338 e. The second kappa shape index (κ2) is 7.31. The average Bonchev–Trinajstić information content (AvgIpc) is 2.67. The number of carboxylic acids is 1. The first-order valence-electron chi connectivity index (χ1n) is 8.20. The molecule has 1 aromatic carbocycles. The monoisotopic (exact) mass is 351 g/mol. The molecule has 5 nitrogen and oxygen atoms in total. The van der Waals surface area contributed by atoms with E-state index in [2.05, 4.69) is 15.3 Å². The summed E-state index contributed by atoms with van der Waals surface area (Å²) in [6.07, 6.45) is 4.12. The van der Waals surface area contributed by atoms with E-state index in [0.29, 0.717) is 12.0 Å². The summed E-state index contributed by atoms with van der Waals surface area (Å²) < 4.78 is 14.2. The average molecular weight is 351 g/mol. The number of carbonyl (C=O) groups is 1. The molecule has 0 aliphatic rings. The van der Waals surface area contributed by atoms with Gasteiger partial charge >= 0.3 is 5.97 Å². The number of aromatic nitrogens is 2. The van der Waals surface area contributed by atoms with Gasteiger partial charge < -0.3 is 10.4 Å². The number of carboxylic acid groups (broad SMARTS) is 1. The number of anilines is 1. The van der Waals surface area contributed by atoms with Crippen LogP contribution in [0.5, 0.6) is 0 Å². The molecule has 132 valence electrons. The first kappa shape index (κ1) is 17.5. The fraction of sp³-hybridized carbons (Fsp3) is 0.150. The molecule has 0 atom stereocenters. The molecule has 0 saturated heterocycles. The molecule has 2 heterocycles. The van der Waals surface area contributed by atoms with Crippen LogP contribution in [0.15, 0.2) is 48.8 Å². The van der Waals surface area contributed by atoms with Gasteiger partial charge in [0, 0.05) is 36.3 Å². The van der Waals surface area contributed by atoms with Gasteiger partial charge in [0.1, 0.15) is 11.6 Å². The quantitative estimate of drug-likeness (QED) is 0.719. The Labute approximate surface area is 150 Å². The lowest BCUT2D eigenvalue weighted by Gasteiger charge is -2.14. The Kier molecular flexibility index (Phi) is 4.93. The van der Waals surface area contributed by atoms with Crippen molar-refractivity contribution in [2.24, 2.45) is 0 Å². The van der Waals surface area contributed by atoms with Crippen molar-refractivity contribution in [3.05, 3.63) is 65.9 Å². The molecule has 0 aliphatic heterocycles. The van der Waals surface area contributed by atoms with E-state index < -0.39 is 11.8 Å². The van der Waals surface area contributed by atoms with Crippen molar-refractivity contribution in [2.45, 2.75) is 13.3 Å². The van der Waals surface area contributed by atoms with Crippen molar-refractivity contribution in [2.75, 3.05) is 12.4 Å². The Morgan fingerprint density at radius 2 is 1.92 bits per heavy atom. The Balaban J connectivity index is 2.19. The SMILES string of the molecule is CCc1nccc(-c2ccc(C(=O)O)c(F)c2)c1-c1ccc(NC)nc1. The summed E-state index contributed by atoms with van der Waals surface area (Å²) in [6.45, 7) is 2.00. The Hall–Kier alpha value is -3.28. The lowest BCUT2D eigenvalue weighted by Crippen LogP contribution is -2.01. The Morgan fingerprint density at radius 1 is 1.15 bits per heavy atom. The molecule has 26 heavy (non-hydrogen) atoms. The number of nitrogens with one attached hydrogen (secondary N) is 1. The van der Waals surface area contributed by atoms with E-state index >= 15 is 0 Å². The van der Waals surface area contributed by atoms with Crippen molar-refractivity contribution in [3.63, 3.8) is 0 Å². The molecule has 2 aromatic heterocycles. The van der Waals surface area contributed by atoms with Gasteiger partial charge in [-0.1, -0.05) is 13.0 Å². The minimum atomic E-state index is -1.29. The summed E-state index contributed by atoms with van der Waals surface area (Å²) in [5.41, 5.74) is 3.63. The molecule has 0 unspecified atom stereocenters. The zero-order valence-electron chi connectivity index (χ0n) is 14.5. The van der Waals surface area contributed by atoms with Crippen LogP contribution in [-0.2, 0) is 6.42 Å². The van der Waals surface area contributed by atoms with E-state index in [4.69, 9.17) is 5.11 Å². The molecular weight excluding hydrogens is 333 g/mol. The van der Waals surface area contributed by atoms with Crippen LogP contribution in [0.3, 0.4) is 0 Å². The van der Waals surface area contributed by atoms with E-state index in [1.165, 1.54) is 12.1 Å². The van der Waals surface area contributed by atoms with Gasteiger partial charge in [0.25, 0.3) is 0 Å². The lowest BCUT2D eigenvalue weighted by atomic mass is 9.93. The van der Waals surface area contributed by atoms with Crippen LogP contribution in [0, 0.1) is 5.82 Å². The zero-order chi connectivity index (χ0) is 18.7. The number of nitrogens with zero attached hydrogens (tertiary/aromatic N) is 2. The fourth-order valence-corrected chi connectivity index (χ4v) is 2.88. The normalized spacial score (nSPS) is 10.6. The van der Waals surface area contributed by atoms with Crippen LogP contribution in [0.25, 0.3) is 22.3 Å². The van der Waals surface area contributed by atoms with E-state index in [0.717, 1.165) is 28.2 Å². The molecule has 0 bridgehead atoms. The highest BCUT2D eigenvalue weighted by atomic mass is 19.1. The Bertz CT molecular complexity index is 956. The van der Waals surface area contributed by atoms with Crippen LogP contribution >= 0.6 is 0 Å². The molecule has 0 amide bonds. The van der Waals surface area contributed by atoms with Gasteiger partial charge in [0.2, 0.25) is 0 Å². The third-order valence-electron chi connectivity index (χ3n) is 4.18. The third kappa shape index (κ3) is 3.26. The number of halogens is 1. The maximum absolute atomic E-state index is 14.2. The van der Waals surface area contributed by atoms with Gasteiger partial charge in [-0.25, -0.2) is 14.2 Å². The predicted octanol–water partition coefficient (Wildman–Crippen LogP) is 4.25. The minimum Gasteiger partial charge on any atom is -0.478 e. The highest BCUT2D eigenvalue weighted by Crippen LogP contribution is 2.35. The third-order valence-corrected chi connectivity index (χ3v) is 4.18. The number of aryl methyl sites for hydroxylation is 1. The van der Waals surface area contributed by atoms with Crippen molar-refractivity contribution >= 4 is 11.8 Å². The van der Waals surface area contributed by atoms with Crippen LogP contribution in [0.2, 0.25) is 0 Å². The zero-order valence-corrected chi connectivity index (χ0v) is 14.5. The van der Waals surface area contributed by atoms with Gasteiger partial charge in [-0.2, -0.15) is 0 Å². The second-order valence-corrected chi connectivity index (χ2v) is 5.72. The first-order valence-corrected chi connectivity index (χ1v) is 8.20. The largest absolute Gasteiger partial charge is 0.478 e. The number of hydrogen-bond acceptors (Lipinski definition) is 4. The summed E-state index contributed by atoms with van der Waals surface area (Å²) in [5.74, 6) is -1.31. The van der Waals surface area contributed by atoms with Crippen LogP contribution in [0.1, 0.15) is 23.0 Å². The summed E-state index contributed by atoms with van der Waals surface area (Å²) in [4.78, 5) is 19.8. The molecule has 0 aliphatic carbocycles. The number of benzene rings is 1. The maximum Gasteiger partial charge on any atom is 0.338 e. The number of rotatable bonds is 5. The molecule has 0 saturated carbocycles. The van der Waals surface area contributed by atoms with Gasteiger partial charge in [0.05, 0.1) is 5.56 Å². The molecule has 3 aromatic rings. The van der Waals surface area contributed by atoms with Gasteiger partial charge in [-0.3, -0.25) is 4.98 Å². The maximum atomic E-state index is 14.2. The number of pyridine rings is 2. The summed E-state index contributed by atoms with van der Waals surface area (Å²) in [6, 6.07) is 9.73. The molecule has 6 heteroatoms. The van der Waals surface area contributed by atoms with Crippen LogP contribution < -0.4 is 5.32 Å². The minimum absolute atomic E-state index is 0.347. The first-order chi connectivity index (χ1) is 12.5. The lowest BCUT2D eigenvalue weighted by molar-refractivity contribution is 0.0692. The Morgan fingerprint density at radius 3 is 2.50 bits per heavy atom. The van der Waals surface area contributed by atoms with Crippen LogP contribution in [-0.4, -0.2) is 28.1 Å². The van der Waals surface area contributed by atoms with E-state index in [-0.39, 0.29) is 5.56 Å². The van der Waals surface area contributed by atoms with Gasteiger partial charge in [0.15, 0.2) is 0 Å². The molecular formula is C20H18FN3O2. The van der Waals surface area contributed by atoms with E-state index in [1.807, 2.05) is 19.1 Å². The molecule has 0 spiro atoms. The highest BCUT2D eigenvalue weighted by molar-refractivity contribution is 5.90. The van der Waals surface area contributed by atoms with Gasteiger partial charge in [-0.15, -0.1) is 0 Å². The summed E-state index contributed by atoms with van der Waals surface area (Å²) >= 11 is 0. The van der Waals surface area contributed by atoms with Crippen molar-refractivity contribution in [1.82, 2.24) is 9.97 Å². The summed E-state index contributed by atoms with van der Waals surface area (Å²) in [7, 11) is 1.79. The molecule has 0 fully saturated rings. The van der Waals surface area contributed by atoms with Crippen molar-refractivity contribution in [1.29, 1.82) is 0 Å². The number of hydrogen-bond donors (Lipinski definition) is 2.